The summed E-state index contributed by atoms with van der Waals surface area (Å²) in [5.74, 6) is 0. The molecule has 10 nitrogen and oxygen atoms in total. The van der Waals surface area contributed by atoms with Crippen molar-refractivity contribution in [3.05, 3.63) is 72.6 Å². The van der Waals surface area contributed by atoms with Crippen molar-refractivity contribution in [1.82, 2.24) is 18.8 Å². The Labute approximate surface area is 237 Å². The Bertz CT molecular complexity index is 1440. The Morgan fingerprint density at radius 2 is 0.975 bits per heavy atom. The quantitative estimate of drug-likeness (QED) is 0.265. The molecule has 0 saturated carbocycles. The number of sulfone groups is 2. The van der Waals surface area contributed by atoms with Gasteiger partial charge in [-0.15, -0.1) is 0 Å². The Kier molecular flexibility index (Phi) is 10.2. The molecule has 0 unspecified atom stereocenters. The number of rotatable bonds is 10. The second-order valence-corrected chi connectivity index (χ2v) is 15.3. The fourth-order valence-corrected chi connectivity index (χ4v) is 5.37. The Morgan fingerprint density at radius 1 is 0.625 bits per heavy atom. The molecule has 0 saturated heterocycles. The first-order chi connectivity index (χ1) is 18.6. The fourth-order valence-electron chi connectivity index (χ4n) is 4.06. The van der Waals surface area contributed by atoms with Gasteiger partial charge < -0.3 is 18.3 Å². The van der Waals surface area contributed by atoms with Crippen LogP contribution in [0.4, 0.5) is 0 Å². The molecule has 4 rings (SSSR count). The van der Waals surface area contributed by atoms with Crippen molar-refractivity contribution >= 4 is 31.0 Å². The predicted molar refractivity (Wildman–Crippen MR) is 157 cm³/mol. The highest BCUT2D eigenvalue weighted by Crippen LogP contribution is 2.28. The zero-order chi connectivity index (χ0) is 29.8. The van der Waals surface area contributed by atoms with Gasteiger partial charge in [-0.2, -0.15) is 0 Å². The van der Waals surface area contributed by atoms with Crippen LogP contribution >= 0.6 is 0 Å². The summed E-state index contributed by atoms with van der Waals surface area (Å²) < 4.78 is 62.6. The first-order valence-corrected chi connectivity index (χ1v) is 17.0. The molecule has 4 atom stereocenters. The summed E-state index contributed by atoms with van der Waals surface area (Å²) in [7, 11) is -6.42. The van der Waals surface area contributed by atoms with E-state index in [1.54, 1.807) is 13.8 Å². The average molecular weight is 593 g/mol. The van der Waals surface area contributed by atoms with Gasteiger partial charge in [0.25, 0.3) is 0 Å². The van der Waals surface area contributed by atoms with Crippen LogP contribution in [0.5, 0.6) is 0 Å². The minimum absolute atomic E-state index is 0.0750. The summed E-state index contributed by atoms with van der Waals surface area (Å²) in [4.78, 5) is 8.95. The van der Waals surface area contributed by atoms with E-state index in [1.807, 2.05) is 97.7 Å². The van der Waals surface area contributed by atoms with Crippen LogP contribution in [-0.2, 0) is 29.1 Å². The van der Waals surface area contributed by atoms with Crippen molar-refractivity contribution in [3.8, 4) is 0 Å². The minimum atomic E-state index is -3.21. The molecular weight excluding hydrogens is 552 g/mol. The maximum atomic E-state index is 11.8. The summed E-state index contributed by atoms with van der Waals surface area (Å²) in [6.07, 6.45) is 8.58. The molecule has 0 aliphatic rings. The Hall–Kier alpha value is -2.80. The van der Waals surface area contributed by atoms with E-state index in [0.29, 0.717) is 11.4 Å². The molecule has 0 bridgehead atoms. The smallest absolute Gasteiger partial charge is 0.152 e. The van der Waals surface area contributed by atoms with E-state index in [1.165, 1.54) is 12.5 Å². The van der Waals surface area contributed by atoms with Crippen LogP contribution in [0.2, 0.25) is 0 Å². The van der Waals surface area contributed by atoms with E-state index in [0.717, 1.165) is 11.3 Å². The zero-order valence-corrected chi connectivity index (χ0v) is 25.9. The van der Waals surface area contributed by atoms with Gasteiger partial charge in [-0.1, -0.05) is 12.1 Å². The van der Waals surface area contributed by atoms with E-state index >= 15 is 0 Å². The summed E-state index contributed by atoms with van der Waals surface area (Å²) in [5.41, 5.74) is 2.84. The number of nitrogens with zero attached hydrogens (tertiary/aromatic N) is 4. The van der Waals surface area contributed by atoms with Gasteiger partial charge in [0, 0.05) is 37.3 Å². The second-order valence-electron chi connectivity index (χ2n) is 10.5. The molecule has 220 valence electrons. The standard InChI is InChI=1S/2C14H20N2O3S/c2*1-10(2)19-14(11(3)20(4,17)18)12-9-16-8-6-5-7-13(16)15-12/h2*5-11,14H,1-4H3/t2*11-,14+/m00/s1. The fraction of sp³-hybridized carbons (Fsp3) is 0.500. The lowest BCUT2D eigenvalue weighted by atomic mass is 10.2. The number of hydrogen-bond acceptors (Lipinski definition) is 8. The van der Waals surface area contributed by atoms with E-state index in [2.05, 4.69) is 9.97 Å². The SMILES string of the molecule is CC(C)O[C@@H](c1cn2ccccc2n1)[C@H](C)S(C)(=O)=O.CC(C)O[C@@H](c1cn2ccccc2n1)[C@H](C)S(C)(=O)=O. The van der Waals surface area contributed by atoms with Gasteiger partial charge >= 0.3 is 0 Å². The molecular formula is C28H40N4O6S2. The zero-order valence-electron chi connectivity index (χ0n) is 24.3. The first-order valence-electron chi connectivity index (χ1n) is 13.1. The molecule has 4 aromatic rings. The molecule has 4 heterocycles. The van der Waals surface area contributed by atoms with Gasteiger partial charge in [0.15, 0.2) is 19.7 Å². The van der Waals surface area contributed by atoms with Crippen molar-refractivity contribution in [2.75, 3.05) is 12.5 Å². The highest BCUT2D eigenvalue weighted by molar-refractivity contribution is 7.91. The molecule has 12 heteroatoms. The van der Waals surface area contributed by atoms with Crippen molar-refractivity contribution < 1.29 is 26.3 Å². The van der Waals surface area contributed by atoms with Gasteiger partial charge in [0.2, 0.25) is 0 Å². The van der Waals surface area contributed by atoms with Crippen LogP contribution < -0.4 is 0 Å². The molecule has 0 aliphatic heterocycles. The van der Waals surface area contributed by atoms with E-state index < -0.39 is 42.4 Å². The van der Waals surface area contributed by atoms with E-state index in [4.69, 9.17) is 9.47 Å². The predicted octanol–water partition coefficient (Wildman–Crippen LogP) is 4.47. The molecule has 0 amide bonds. The highest BCUT2D eigenvalue weighted by atomic mass is 32.2. The number of aromatic nitrogens is 4. The summed E-state index contributed by atoms with van der Waals surface area (Å²) >= 11 is 0. The van der Waals surface area contributed by atoms with Crippen LogP contribution in [0.1, 0.15) is 65.1 Å². The number of pyridine rings is 2. The van der Waals surface area contributed by atoms with Crippen LogP contribution in [-0.4, -0.2) is 70.8 Å². The van der Waals surface area contributed by atoms with Crippen molar-refractivity contribution in [2.45, 2.75) is 76.5 Å². The monoisotopic (exact) mass is 592 g/mol. The third-order valence-corrected chi connectivity index (χ3v) is 9.58. The first kappa shape index (κ1) is 31.7. The topological polar surface area (TPSA) is 121 Å². The van der Waals surface area contributed by atoms with Crippen LogP contribution in [0, 0.1) is 0 Å². The van der Waals surface area contributed by atoms with Gasteiger partial charge in [0.05, 0.1) is 34.1 Å². The maximum absolute atomic E-state index is 11.8. The minimum Gasteiger partial charge on any atom is -0.368 e. The van der Waals surface area contributed by atoms with Crippen molar-refractivity contribution in [3.63, 3.8) is 0 Å². The lowest BCUT2D eigenvalue weighted by Gasteiger charge is -2.23. The summed E-state index contributed by atoms with van der Waals surface area (Å²) in [6, 6.07) is 11.3. The average Bonchev–Trinajstić information content (AvgIpc) is 3.48. The molecule has 40 heavy (non-hydrogen) atoms. The Balaban J connectivity index is 0.000000220. The van der Waals surface area contributed by atoms with Crippen LogP contribution in [0.15, 0.2) is 61.2 Å². The molecule has 0 aromatic carbocycles. The molecule has 0 N–H and O–H groups in total. The molecule has 0 spiro atoms. The van der Waals surface area contributed by atoms with Crippen molar-refractivity contribution in [1.29, 1.82) is 0 Å². The van der Waals surface area contributed by atoms with Crippen molar-refractivity contribution in [2.24, 2.45) is 0 Å². The Morgan fingerprint density at radius 3 is 1.25 bits per heavy atom. The number of fused-ring (bicyclic) bond motifs is 2. The lowest BCUT2D eigenvalue weighted by Crippen LogP contribution is -2.28. The van der Waals surface area contributed by atoms with Gasteiger partial charge in [0.1, 0.15) is 23.5 Å². The van der Waals surface area contributed by atoms with Crippen LogP contribution in [0.25, 0.3) is 11.3 Å². The van der Waals surface area contributed by atoms with Gasteiger partial charge in [-0.05, 0) is 65.8 Å². The van der Waals surface area contributed by atoms with Gasteiger partial charge in [-0.25, -0.2) is 26.8 Å². The molecule has 0 aliphatic carbocycles. The second kappa shape index (κ2) is 12.8. The maximum Gasteiger partial charge on any atom is 0.152 e. The highest BCUT2D eigenvalue weighted by Gasteiger charge is 2.32. The summed E-state index contributed by atoms with van der Waals surface area (Å²) in [5, 5.41) is -1.29. The van der Waals surface area contributed by atoms with E-state index in [-0.39, 0.29) is 12.2 Å². The molecule has 4 aromatic heterocycles. The van der Waals surface area contributed by atoms with Gasteiger partial charge in [-0.3, -0.25) is 0 Å². The largest absolute Gasteiger partial charge is 0.368 e. The normalized spacial score (nSPS) is 15.7. The number of ether oxygens (including phenoxy) is 2. The number of imidazole rings is 2. The van der Waals surface area contributed by atoms with Crippen LogP contribution in [0.3, 0.4) is 0 Å². The molecule has 0 radical (unpaired) electrons. The number of hydrogen-bond donors (Lipinski definition) is 0. The molecule has 0 fully saturated rings. The van der Waals surface area contributed by atoms with E-state index in [9.17, 15) is 16.8 Å². The third-order valence-electron chi connectivity index (χ3n) is 6.39. The summed E-state index contributed by atoms with van der Waals surface area (Å²) in [6.45, 7) is 10.9. The third kappa shape index (κ3) is 8.12. The lowest BCUT2D eigenvalue weighted by molar-refractivity contribution is 0.00423.